The number of carbonyl (C=O) groups excluding carboxylic acids is 2. The largest absolute Gasteiger partial charge is 0.497 e. The van der Waals surface area contributed by atoms with Gasteiger partial charge in [-0.3, -0.25) is 9.59 Å². The summed E-state index contributed by atoms with van der Waals surface area (Å²) in [6.07, 6.45) is 7.09. The zero-order chi connectivity index (χ0) is 16.4. The van der Waals surface area contributed by atoms with E-state index in [0.29, 0.717) is 17.3 Å². The summed E-state index contributed by atoms with van der Waals surface area (Å²) in [6.45, 7) is 1.73. The molecule has 0 aromatic heterocycles. The van der Waals surface area contributed by atoms with Crippen molar-refractivity contribution < 1.29 is 14.3 Å². The molecule has 0 radical (unpaired) electrons. The second kappa shape index (κ2) is 5.72. The molecule has 1 N–H and O–H groups in total. The van der Waals surface area contributed by atoms with Gasteiger partial charge in [-0.25, -0.2) is 0 Å². The van der Waals surface area contributed by atoms with E-state index in [4.69, 9.17) is 4.74 Å². The van der Waals surface area contributed by atoms with Crippen molar-refractivity contribution in [2.24, 2.45) is 4.99 Å². The van der Waals surface area contributed by atoms with Crippen molar-refractivity contribution in [3.63, 3.8) is 0 Å². The average Bonchev–Trinajstić information content (AvgIpc) is 2.54. The normalized spacial score (nSPS) is 22.4. The maximum absolute atomic E-state index is 12.8. The van der Waals surface area contributed by atoms with Crippen molar-refractivity contribution in [1.82, 2.24) is 4.90 Å². The molecular formula is C17H17N3O3. The zero-order valence-electron chi connectivity index (χ0n) is 12.9. The molecule has 1 atom stereocenters. The molecule has 0 aliphatic carbocycles. The van der Waals surface area contributed by atoms with Crippen LogP contribution in [0.15, 0.2) is 53.7 Å². The third-order valence-corrected chi connectivity index (χ3v) is 3.92. The lowest BCUT2D eigenvalue weighted by molar-refractivity contribution is -0.130. The molecule has 3 rings (SSSR count). The van der Waals surface area contributed by atoms with Crippen molar-refractivity contribution >= 4 is 23.3 Å². The SMILES string of the molecule is COc1cccc(NC(=O)C2(C)CC(=O)N=C3C=CC=CN32)c1. The minimum absolute atomic E-state index is 0.0183. The summed E-state index contributed by atoms with van der Waals surface area (Å²) in [5.74, 6) is 0.550. The Morgan fingerprint density at radius 1 is 1.39 bits per heavy atom. The first-order valence-electron chi connectivity index (χ1n) is 7.24. The number of allylic oxidation sites excluding steroid dienone is 2. The minimum atomic E-state index is -1.03. The van der Waals surface area contributed by atoms with Crippen LogP contribution in [0.3, 0.4) is 0 Å². The lowest BCUT2D eigenvalue weighted by atomic mass is 9.91. The summed E-state index contributed by atoms with van der Waals surface area (Å²) in [7, 11) is 1.57. The fraction of sp³-hybridized carbons (Fsp3) is 0.235. The Hall–Kier alpha value is -2.89. The third kappa shape index (κ3) is 2.75. The van der Waals surface area contributed by atoms with Crippen LogP contribution >= 0.6 is 0 Å². The van der Waals surface area contributed by atoms with Crippen LogP contribution in [-0.4, -0.2) is 35.2 Å². The smallest absolute Gasteiger partial charge is 0.250 e. The molecule has 0 fully saturated rings. The van der Waals surface area contributed by atoms with Crippen LogP contribution in [0, 0.1) is 0 Å². The molecule has 2 aliphatic rings. The molecule has 6 heteroatoms. The number of aliphatic imine (C=N–C) groups is 1. The first-order chi connectivity index (χ1) is 11.0. The molecule has 6 nitrogen and oxygen atoms in total. The molecular weight excluding hydrogens is 294 g/mol. The topological polar surface area (TPSA) is 71.0 Å². The highest BCUT2D eigenvalue weighted by Gasteiger charge is 2.45. The van der Waals surface area contributed by atoms with Crippen LogP contribution in [0.1, 0.15) is 13.3 Å². The van der Waals surface area contributed by atoms with Crippen LogP contribution in [0.4, 0.5) is 5.69 Å². The van der Waals surface area contributed by atoms with Gasteiger partial charge in [-0.2, -0.15) is 4.99 Å². The van der Waals surface area contributed by atoms with E-state index < -0.39 is 5.54 Å². The van der Waals surface area contributed by atoms with E-state index in [1.807, 2.05) is 6.08 Å². The van der Waals surface area contributed by atoms with Gasteiger partial charge in [0, 0.05) is 18.0 Å². The molecule has 1 aromatic rings. The highest BCUT2D eigenvalue weighted by Crippen LogP contribution is 2.29. The second-order valence-corrected chi connectivity index (χ2v) is 5.57. The maximum Gasteiger partial charge on any atom is 0.250 e. The molecule has 1 unspecified atom stereocenters. The van der Waals surface area contributed by atoms with Crippen molar-refractivity contribution in [2.45, 2.75) is 18.9 Å². The van der Waals surface area contributed by atoms with E-state index in [2.05, 4.69) is 10.3 Å². The number of carbonyl (C=O) groups is 2. The maximum atomic E-state index is 12.8. The number of nitrogens with one attached hydrogen (secondary N) is 1. The Morgan fingerprint density at radius 2 is 2.22 bits per heavy atom. The van der Waals surface area contributed by atoms with Gasteiger partial charge in [0.2, 0.25) is 0 Å². The van der Waals surface area contributed by atoms with Crippen molar-refractivity contribution in [3.8, 4) is 5.75 Å². The fourth-order valence-corrected chi connectivity index (χ4v) is 2.65. The number of hydrogen-bond donors (Lipinski definition) is 1. The van der Waals surface area contributed by atoms with Gasteiger partial charge in [-0.15, -0.1) is 0 Å². The van der Waals surface area contributed by atoms with Crippen molar-refractivity contribution in [3.05, 3.63) is 48.7 Å². The quantitative estimate of drug-likeness (QED) is 0.928. The predicted molar refractivity (Wildman–Crippen MR) is 87.2 cm³/mol. The molecule has 2 aliphatic heterocycles. The summed E-state index contributed by atoms with van der Waals surface area (Å²) >= 11 is 0. The van der Waals surface area contributed by atoms with Gasteiger partial charge in [0.15, 0.2) is 0 Å². The number of methoxy groups -OCH3 is 1. The molecule has 0 saturated heterocycles. The number of rotatable bonds is 3. The zero-order valence-corrected chi connectivity index (χ0v) is 12.9. The van der Waals surface area contributed by atoms with Crippen LogP contribution in [0.2, 0.25) is 0 Å². The number of anilines is 1. The lowest BCUT2D eigenvalue weighted by Crippen LogP contribution is -2.58. The monoisotopic (exact) mass is 311 g/mol. The van der Waals surface area contributed by atoms with Gasteiger partial charge in [0.25, 0.3) is 11.8 Å². The Kier molecular flexibility index (Phi) is 3.73. The standard InChI is InChI=1S/C17H17N3O3/c1-17(11-15(21)19-14-8-3-4-9-20(14)17)16(22)18-12-6-5-7-13(10-12)23-2/h3-10H,11H2,1-2H3,(H,18,22). The van der Waals surface area contributed by atoms with Gasteiger partial charge in [0.05, 0.1) is 13.5 Å². The number of fused-ring (bicyclic) bond motifs is 1. The van der Waals surface area contributed by atoms with E-state index >= 15 is 0 Å². The summed E-state index contributed by atoms with van der Waals surface area (Å²) < 4.78 is 5.15. The van der Waals surface area contributed by atoms with Crippen molar-refractivity contribution in [1.29, 1.82) is 0 Å². The highest BCUT2D eigenvalue weighted by atomic mass is 16.5. The summed E-state index contributed by atoms with van der Waals surface area (Å²) in [5, 5.41) is 2.85. The van der Waals surface area contributed by atoms with Gasteiger partial charge in [-0.05, 0) is 31.2 Å². The van der Waals surface area contributed by atoms with E-state index in [1.165, 1.54) is 0 Å². The van der Waals surface area contributed by atoms with E-state index in [9.17, 15) is 9.59 Å². The molecule has 0 spiro atoms. The highest BCUT2D eigenvalue weighted by molar-refractivity contribution is 6.11. The first-order valence-corrected chi connectivity index (χ1v) is 7.24. The Labute approximate surface area is 134 Å². The summed E-state index contributed by atoms with van der Waals surface area (Å²) in [4.78, 5) is 30.5. The lowest BCUT2D eigenvalue weighted by Gasteiger charge is -2.41. The second-order valence-electron chi connectivity index (χ2n) is 5.57. The van der Waals surface area contributed by atoms with Crippen molar-refractivity contribution in [2.75, 3.05) is 12.4 Å². The molecule has 118 valence electrons. The molecule has 0 saturated carbocycles. The van der Waals surface area contributed by atoms with E-state index in [0.717, 1.165) is 0 Å². The Bertz CT molecular complexity index is 751. The number of nitrogens with zero attached hydrogens (tertiary/aromatic N) is 2. The van der Waals surface area contributed by atoms with E-state index in [1.54, 1.807) is 61.6 Å². The van der Waals surface area contributed by atoms with Gasteiger partial charge in [-0.1, -0.05) is 12.1 Å². The number of hydrogen-bond acceptors (Lipinski definition) is 4. The fourth-order valence-electron chi connectivity index (χ4n) is 2.65. The number of ether oxygens (including phenoxy) is 1. The predicted octanol–water partition coefficient (Wildman–Crippen LogP) is 2.11. The number of benzene rings is 1. The van der Waals surface area contributed by atoms with Crippen LogP contribution < -0.4 is 10.1 Å². The van der Waals surface area contributed by atoms with Gasteiger partial charge < -0.3 is 15.0 Å². The van der Waals surface area contributed by atoms with Crippen LogP contribution in [0.5, 0.6) is 5.75 Å². The average molecular weight is 311 g/mol. The summed E-state index contributed by atoms with van der Waals surface area (Å²) in [5.41, 5.74) is -0.415. The molecule has 2 amide bonds. The number of amides is 2. The molecule has 2 heterocycles. The summed E-state index contributed by atoms with van der Waals surface area (Å²) in [6, 6.07) is 7.09. The van der Waals surface area contributed by atoms with Crippen LogP contribution in [0.25, 0.3) is 0 Å². The van der Waals surface area contributed by atoms with E-state index in [-0.39, 0.29) is 18.2 Å². The Balaban J connectivity index is 1.88. The first kappa shape index (κ1) is 15.0. The number of amidine groups is 1. The third-order valence-electron chi connectivity index (χ3n) is 3.92. The van der Waals surface area contributed by atoms with Gasteiger partial charge in [0.1, 0.15) is 17.1 Å². The van der Waals surface area contributed by atoms with Gasteiger partial charge >= 0.3 is 0 Å². The van der Waals surface area contributed by atoms with Crippen LogP contribution in [-0.2, 0) is 9.59 Å². The Morgan fingerprint density at radius 3 is 3.00 bits per heavy atom. The molecule has 0 bridgehead atoms. The molecule has 1 aromatic carbocycles. The minimum Gasteiger partial charge on any atom is -0.497 e. The molecule has 23 heavy (non-hydrogen) atoms.